The van der Waals surface area contributed by atoms with Crippen molar-refractivity contribution in [2.75, 3.05) is 13.2 Å². The van der Waals surface area contributed by atoms with Crippen molar-refractivity contribution in [2.45, 2.75) is 19.5 Å². The number of thiophene rings is 1. The highest BCUT2D eigenvalue weighted by molar-refractivity contribution is 7.10. The van der Waals surface area contributed by atoms with E-state index in [2.05, 4.69) is 23.6 Å². The molecule has 1 aliphatic rings. The molecule has 0 aliphatic carbocycles. The number of nitrogens with zero attached hydrogens (tertiary/aromatic N) is 3. The van der Waals surface area contributed by atoms with Crippen LogP contribution in [0.15, 0.2) is 84.4 Å². The zero-order valence-electron chi connectivity index (χ0n) is 19.2. The predicted molar refractivity (Wildman–Crippen MR) is 137 cm³/mol. The first-order valence-corrected chi connectivity index (χ1v) is 12.4. The van der Waals surface area contributed by atoms with Crippen LogP contribution >= 0.6 is 11.3 Å². The van der Waals surface area contributed by atoms with E-state index < -0.39 is 5.97 Å². The third-order valence-electron chi connectivity index (χ3n) is 5.92. The van der Waals surface area contributed by atoms with Gasteiger partial charge in [-0.1, -0.05) is 60.7 Å². The molecule has 2 aromatic carbocycles. The van der Waals surface area contributed by atoms with E-state index in [1.54, 1.807) is 22.3 Å². The average Bonchev–Trinajstić information content (AvgIpc) is 3.53. The summed E-state index contributed by atoms with van der Waals surface area (Å²) in [6, 6.07) is 22.0. The van der Waals surface area contributed by atoms with Gasteiger partial charge in [0.25, 0.3) is 5.91 Å². The standard InChI is InChI=1S/C28H25N3O3S/c32-26(30-15-13-25-23(18-30)14-16-35-25)20-34-27(33)12-11-24-19-31(17-21-7-3-1-4-8-21)29-28(24)22-9-5-2-6-10-22/h1-12,14,16,19H,13,15,17-18,20H2/b12-11+. The quantitative estimate of drug-likeness (QED) is 0.280. The van der Waals surface area contributed by atoms with Gasteiger partial charge in [0.15, 0.2) is 6.61 Å². The van der Waals surface area contributed by atoms with Crippen LogP contribution in [0, 0.1) is 0 Å². The maximum Gasteiger partial charge on any atom is 0.331 e. The Morgan fingerprint density at radius 2 is 1.80 bits per heavy atom. The van der Waals surface area contributed by atoms with Gasteiger partial charge in [0.2, 0.25) is 0 Å². The zero-order chi connectivity index (χ0) is 24.0. The summed E-state index contributed by atoms with van der Waals surface area (Å²) in [6.07, 6.45) is 5.82. The number of hydrogen-bond acceptors (Lipinski definition) is 5. The Morgan fingerprint density at radius 1 is 1.03 bits per heavy atom. The molecule has 3 heterocycles. The lowest BCUT2D eigenvalue weighted by Gasteiger charge is -2.26. The molecule has 1 amide bonds. The molecule has 1 aliphatic heterocycles. The molecular weight excluding hydrogens is 458 g/mol. The third-order valence-corrected chi connectivity index (χ3v) is 6.94. The highest BCUT2D eigenvalue weighted by Gasteiger charge is 2.22. The van der Waals surface area contributed by atoms with Crippen molar-refractivity contribution in [3.05, 3.63) is 106 Å². The van der Waals surface area contributed by atoms with Crippen LogP contribution in [0.2, 0.25) is 0 Å². The number of ether oxygens (including phenoxy) is 1. The first-order chi connectivity index (χ1) is 17.2. The summed E-state index contributed by atoms with van der Waals surface area (Å²) in [5, 5.41) is 6.81. The number of esters is 1. The molecule has 0 saturated carbocycles. The van der Waals surface area contributed by atoms with Crippen LogP contribution in [-0.4, -0.2) is 39.7 Å². The number of hydrogen-bond donors (Lipinski definition) is 0. The Labute approximate surface area is 208 Å². The van der Waals surface area contributed by atoms with E-state index in [1.165, 1.54) is 16.5 Å². The fraction of sp³-hybridized carbons (Fsp3) is 0.179. The molecule has 0 radical (unpaired) electrons. The van der Waals surface area contributed by atoms with Crippen molar-refractivity contribution in [1.29, 1.82) is 0 Å². The second kappa shape index (κ2) is 10.5. The van der Waals surface area contributed by atoms with Crippen molar-refractivity contribution in [3.63, 3.8) is 0 Å². The first kappa shape index (κ1) is 22.8. The molecule has 5 rings (SSSR count). The Balaban J connectivity index is 1.25. The average molecular weight is 484 g/mol. The van der Waals surface area contributed by atoms with Crippen molar-refractivity contribution in [2.24, 2.45) is 0 Å². The normalized spacial score (nSPS) is 13.1. The summed E-state index contributed by atoms with van der Waals surface area (Å²) in [5.74, 6) is -0.731. The molecule has 0 N–H and O–H groups in total. The lowest BCUT2D eigenvalue weighted by atomic mass is 10.1. The molecule has 0 bridgehead atoms. The van der Waals surface area contributed by atoms with E-state index in [-0.39, 0.29) is 12.5 Å². The van der Waals surface area contributed by atoms with Crippen molar-refractivity contribution < 1.29 is 14.3 Å². The van der Waals surface area contributed by atoms with Gasteiger partial charge in [0.05, 0.1) is 12.2 Å². The van der Waals surface area contributed by atoms with Gasteiger partial charge in [0.1, 0.15) is 0 Å². The number of carbonyl (C=O) groups excluding carboxylic acids is 2. The van der Waals surface area contributed by atoms with Crippen LogP contribution in [-0.2, 0) is 33.8 Å². The molecule has 0 spiro atoms. The van der Waals surface area contributed by atoms with Gasteiger partial charge in [0, 0.05) is 41.4 Å². The van der Waals surface area contributed by atoms with Crippen molar-refractivity contribution in [3.8, 4) is 11.3 Å². The van der Waals surface area contributed by atoms with E-state index in [0.29, 0.717) is 19.6 Å². The van der Waals surface area contributed by atoms with E-state index in [1.807, 2.05) is 59.4 Å². The minimum Gasteiger partial charge on any atom is -0.452 e. The lowest BCUT2D eigenvalue weighted by molar-refractivity contribution is -0.148. The van der Waals surface area contributed by atoms with Gasteiger partial charge in [-0.2, -0.15) is 5.10 Å². The molecule has 0 unspecified atom stereocenters. The Kier molecular flexibility index (Phi) is 6.86. The summed E-state index contributed by atoms with van der Waals surface area (Å²) in [5.41, 5.74) is 4.86. The van der Waals surface area contributed by atoms with E-state index in [4.69, 9.17) is 9.84 Å². The minimum absolute atomic E-state index is 0.177. The molecule has 0 fully saturated rings. The minimum atomic E-state index is -0.554. The molecule has 6 nitrogen and oxygen atoms in total. The summed E-state index contributed by atoms with van der Waals surface area (Å²) in [4.78, 5) is 28.0. The maximum atomic E-state index is 12.5. The predicted octanol–water partition coefficient (Wildman–Crippen LogP) is 4.80. The largest absolute Gasteiger partial charge is 0.452 e. The van der Waals surface area contributed by atoms with Crippen molar-refractivity contribution in [1.82, 2.24) is 14.7 Å². The van der Waals surface area contributed by atoms with Crippen molar-refractivity contribution >= 4 is 29.3 Å². The van der Waals surface area contributed by atoms with Gasteiger partial charge in [-0.3, -0.25) is 9.48 Å². The topological polar surface area (TPSA) is 64.4 Å². The number of fused-ring (bicyclic) bond motifs is 1. The Morgan fingerprint density at radius 3 is 2.60 bits per heavy atom. The van der Waals surface area contributed by atoms with Gasteiger partial charge < -0.3 is 9.64 Å². The van der Waals surface area contributed by atoms with Gasteiger partial charge in [-0.15, -0.1) is 11.3 Å². The molecule has 4 aromatic rings. The number of amides is 1. The molecule has 0 saturated heterocycles. The van der Waals surface area contributed by atoms with Crippen LogP contribution in [0.1, 0.15) is 21.6 Å². The molecule has 2 aromatic heterocycles. The van der Waals surface area contributed by atoms with Crippen LogP contribution in [0.3, 0.4) is 0 Å². The van der Waals surface area contributed by atoms with Gasteiger partial charge in [-0.25, -0.2) is 4.79 Å². The summed E-state index contributed by atoms with van der Waals surface area (Å²) < 4.78 is 7.12. The fourth-order valence-corrected chi connectivity index (χ4v) is 5.01. The summed E-state index contributed by atoms with van der Waals surface area (Å²) >= 11 is 1.72. The second-order valence-electron chi connectivity index (χ2n) is 8.36. The lowest BCUT2D eigenvalue weighted by Crippen LogP contribution is -2.38. The molecular formula is C28H25N3O3S. The first-order valence-electron chi connectivity index (χ1n) is 11.5. The number of aromatic nitrogens is 2. The fourth-order valence-electron chi connectivity index (χ4n) is 4.12. The number of carbonyl (C=O) groups is 2. The van der Waals surface area contributed by atoms with E-state index in [0.717, 1.165) is 28.8 Å². The Hall–Kier alpha value is -3.97. The molecule has 0 atom stereocenters. The number of benzene rings is 2. The van der Waals surface area contributed by atoms with Crippen LogP contribution in [0.4, 0.5) is 0 Å². The second-order valence-corrected chi connectivity index (χ2v) is 9.36. The van der Waals surface area contributed by atoms with Gasteiger partial charge in [-0.05, 0) is 35.1 Å². The molecule has 176 valence electrons. The van der Waals surface area contributed by atoms with Crippen LogP contribution in [0.25, 0.3) is 17.3 Å². The Bertz CT molecular complexity index is 1340. The highest BCUT2D eigenvalue weighted by atomic mass is 32.1. The monoisotopic (exact) mass is 483 g/mol. The third kappa shape index (κ3) is 5.58. The highest BCUT2D eigenvalue weighted by Crippen LogP contribution is 2.25. The maximum absolute atomic E-state index is 12.5. The van der Waals surface area contributed by atoms with Crippen LogP contribution < -0.4 is 0 Å². The van der Waals surface area contributed by atoms with Crippen LogP contribution in [0.5, 0.6) is 0 Å². The zero-order valence-corrected chi connectivity index (χ0v) is 20.0. The smallest absolute Gasteiger partial charge is 0.331 e. The molecule has 35 heavy (non-hydrogen) atoms. The summed E-state index contributed by atoms with van der Waals surface area (Å²) in [7, 11) is 0. The van der Waals surface area contributed by atoms with E-state index >= 15 is 0 Å². The van der Waals surface area contributed by atoms with Gasteiger partial charge >= 0.3 is 5.97 Å². The molecule has 7 heteroatoms. The number of rotatable bonds is 7. The SMILES string of the molecule is O=C(/C=C/c1cn(Cc2ccccc2)nc1-c1ccccc1)OCC(=O)N1CCc2sccc2C1. The summed E-state index contributed by atoms with van der Waals surface area (Å²) in [6.45, 7) is 1.59. The van der Waals surface area contributed by atoms with E-state index in [9.17, 15) is 9.59 Å².